The molecule has 1 aromatic carbocycles. The van der Waals surface area contributed by atoms with Crippen LogP contribution < -0.4 is 10.5 Å². The Morgan fingerprint density at radius 2 is 1.88 bits per heavy atom. The summed E-state index contributed by atoms with van der Waals surface area (Å²) in [6, 6.07) is 7.93. The third-order valence-electron chi connectivity index (χ3n) is 2.07. The Balaban J connectivity index is 0.000000557. The van der Waals surface area contributed by atoms with Crippen molar-refractivity contribution in [3.63, 3.8) is 0 Å². The van der Waals surface area contributed by atoms with Gasteiger partial charge >= 0.3 is 0 Å². The minimum atomic E-state index is -0.833. The number of carbonyl (C=O) groups is 1. The molecule has 0 heterocycles. The van der Waals surface area contributed by atoms with E-state index in [9.17, 15) is 0 Å². The fourth-order valence-corrected chi connectivity index (χ4v) is 1.02. The highest BCUT2D eigenvalue weighted by atomic mass is 16.5. The molecule has 1 aromatic rings. The van der Waals surface area contributed by atoms with Crippen LogP contribution in [0.1, 0.15) is 32.8 Å². The fourth-order valence-electron chi connectivity index (χ4n) is 1.02. The molecule has 3 N–H and O–H groups in total. The predicted molar refractivity (Wildman–Crippen MR) is 68.0 cm³/mol. The molecule has 4 heteroatoms. The maximum Gasteiger partial charge on any atom is 0.300 e. The van der Waals surface area contributed by atoms with Gasteiger partial charge in [-0.25, -0.2) is 0 Å². The van der Waals surface area contributed by atoms with Crippen molar-refractivity contribution in [2.45, 2.75) is 39.8 Å². The average molecular weight is 239 g/mol. The molecule has 0 saturated heterocycles. The van der Waals surface area contributed by atoms with Gasteiger partial charge < -0.3 is 15.6 Å². The van der Waals surface area contributed by atoms with Crippen molar-refractivity contribution in [3.8, 4) is 5.75 Å². The van der Waals surface area contributed by atoms with Crippen LogP contribution in [0.15, 0.2) is 24.3 Å². The number of hydrogen-bond acceptors (Lipinski definition) is 3. The highest BCUT2D eigenvalue weighted by Crippen LogP contribution is 2.14. The van der Waals surface area contributed by atoms with E-state index in [1.165, 1.54) is 0 Å². The normalized spacial score (nSPS) is 11.1. The Morgan fingerprint density at radius 3 is 2.24 bits per heavy atom. The number of aliphatic carboxylic acids is 1. The van der Waals surface area contributed by atoms with Crippen molar-refractivity contribution < 1.29 is 14.6 Å². The summed E-state index contributed by atoms with van der Waals surface area (Å²) in [5.41, 5.74) is 6.62. The molecule has 1 atom stereocenters. The molecule has 0 aliphatic heterocycles. The van der Waals surface area contributed by atoms with Crippen molar-refractivity contribution in [2.24, 2.45) is 5.73 Å². The van der Waals surface area contributed by atoms with E-state index in [-0.39, 0.29) is 6.10 Å². The minimum Gasteiger partial charge on any atom is -0.491 e. The maximum absolute atomic E-state index is 9.00. The average Bonchev–Trinajstić information content (AvgIpc) is 2.29. The van der Waals surface area contributed by atoms with Crippen molar-refractivity contribution >= 4 is 5.97 Å². The molecule has 1 rings (SSSR count). The molecule has 4 nitrogen and oxygen atoms in total. The van der Waals surface area contributed by atoms with E-state index in [1.54, 1.807) is 0 Å². The number of benzene rings is 1. The van der Waals surface area contributed by atoms with E-state index in [1.807, 2.05) is 24.3 Å². The molecular formula is C13H21NO3. The Kier molecular flexibility index (Phi) is 7.80. The van der Waals surface area contributed by atoms with Gasteiger partial charge in [-0.2, -0.15) is 0 Å². The zero-order valence-corrected chi connectivity index (χ0v) is 10.6. The Morgan fingerprint density at radius 1 is 1.41 bits per heavy atom. The predicted octanol–water partition coefficient (Wildman–Crippen LogP) is 2.41. The summed E-state index contributed by atoms with van der Waals surface area (Å²) in [4.78, 5) is 9.00. The molecule has 0 fully saturated rings. The molecule has 0 amide bonds. The first-order valence-corrected chi connectivity index (χ1v) is 5.64. The summed E-state index contributed by atoms with van der Waals surface area (Å²) in [6.07, 6.45) is 1.31. The van der Waals surface area contributed by atoms with Crippen LogP contribution in [0, 0.1) is 0 Å². The van der Waals surface area contributed by atoms with Crippen molar-refractivity contribution in [2.75, 3.05) is 0 Å². The molecule has 1 unspecified atom stereocenters. The molecule has 96 valence electrons. The van der Waals surface area contributed by atoms with Crippen LogP contribution in [0.4, 0.5) is 0 Å². The standard InChI is InChI=1S/C11H17NO.C2H4O2/c1-3-9(2)13-11-6-4-10(8-12)5-7-11;1-2(3)4/h4-7,9H,3,8,12H2,1-2H3;1H3,(H,3,4). The lowest BCUT2D eigenvalue weighted by molar-refractivity contribution is -0.134. The molecule has 0 radical (unpaired) electrons. The zero-order chi connectivity index (χ0) is 13.3. The van der Waals surface area contributed by atoms with Gasteiger partial charge in [0.05, 0.1) is 6.10 Å². The summed E-state index contributed by atoms with van der Waals surface area (Å²) in [7, 11) is 0. The second-order valence-electron chi connectivity index (χ2n) is 3.70. The van der Waals surface area contributed by atoms with E-state index in [0.29, 0.717) is 6.54 Å². The van der Waals surface area contributed by atoms with Crippen LogP contribution in [0.3, 0.4) is 0 Å². The SMILES string of the molecule is CC(=O)O.CCC(C)Oc1ccc(CN)cc1. The number of carboxylic acids is 1. The number of carboxylic acid groups (broad SMARTS) is 1. The molecular weight excluding hydrogens is 218 g/mol. The van der Waals surface area contributed by atoms with Gasteiger partial charge in [0.2, 0.25) is 0 Å². The van der Waals surface area contributed by atoms with Gasteiger partial charge in [-0.3, -0.25) is 4.79 Å². The molecule has 0 aromatic heterocycles. The summed E-state index contributed by atoms with van der Waals surface area (Å²) >= 11 is 0. The molecule has 0 aliphatic rings. The van der Waals surface area contributed by atoms with Crippen molar-refractivity contribution in [3.05, 3.63) is 29.8 Å². The second-order valence-corrected chi connectivity index (χ2v) is 3.70. The van der Waals surface area contributed by atoms with Crippen LogP contribution >= 0.6 is 0 Å². The van der Waals surface area contributed by atoms with Crippen molar-refractivity contribution in [1.29, 1.82) is 0 Å². The number of ether oxygens (including phenoxy) is 1. The molecule has 17 heavy (non-hydrogen) atoms. The van der Waals surface area contributed by atoms with Crippen LogP contribution in [0.2, 0.25) is 0 Å². The van der Waals surface area contributed by atoms with Gasteiger partial charge in [-0.1, -0.05) is 19.1 Å². The van der Waals surface area contributed by atoms with Gasteiger partial charge in [0.1, 0.15) is 5.75 Å². The fraction of sp³-hybridized carbons (Fsp3) is 0.462. The van der Waals surface area contributed by atoms with E-state index in [2.05, 4.69) is 13.8 Å². The first-order valence-electron chi connectivity index (χ1n) is 5.64. The van der Waals surface area contributed by atoms with Gasteiger partial charge in [0, 0.05) is 13.5 Å². The summed E-state index contributed by atoms with van der Waals surface area (Å²) < 4.78 is 5.62. The summed E-state index contributed by atoms with van der Waals surface area (Å²) in [5, 5.41) is 7.42. The van der Waals surface area contributed by atoms with Crippen LogP contribution in [0.25, 0.3) is 0 Å². The minimum absolute atomic E-state index is 0.281. The van der Waals surface area contributed by atoms with Crippen LogP contribution in [-0.2, 0) is 11.3 Å². The number of nitrogens with two attached hydrogens (primary N) is 1. The zero-order valence-electron chi connectivity index (χ0n) is 10.6. The summed E-state index contributed by atoms with van der Waals surface area (Å²) in [5.74, 6) is 0.0894. The Hall–Kier alpha value is -1.55. The first-order chi connectivity index (χ1) is 7.99. The lowest BCUT2D eigenvalue weighted by Gasteiger charge is -2.12. The van der Waals surface area contributed by atoms with Gasteiger partial charge in [-0.05, 0) is 31.0 Å². The molecule has 0 bridgehead atoms. The highest BCUT2D eigenvalue weighted by Gasteiger charge is 1.99. The number of rotatable bonds is 4. The quantitative estimate of drug-likeness (QED) is 0.846. The Bertz CT molecular complexity index is 318. The lowest BCUT2D eigenvalue weighted by atomic mass is 10.2. The largest absolute Gasteiger partial charge is 0.491 e. The monoisotopic (exact) mass is 239 g/mol. The van der Waals surface area contributed by atoms with Crippen LogP contribution in [0.5, 0.6) is 5.75 Å². The smallest absolute Gasteiger partial charge is 0.300 e. The maximum atomic E-state index is 9.00. The third-order valence-corrected chi connectivity index (χ3v) is 2.07. The van der Waals surface area contributed by atoms with E-state index in [4.69, 9.17) is 20.4 Å². The lowest BCUT2D eigenvalue weighted by Crippen LogP contribution is -2.09. The van der Waals surface area contributed by atoms with Gasteiger partial charge in [0.15, 0.2) is 0 Å². The van der Waals surface area contributed by atoms with E-state index >= 15 is 0 Å². The van der Waals surface area contributed by atoms with E-state index < -0.39 is 5.97 Å². The van der Waals surface area contributed by atoms with Crippen LogP contribution in [-0.4, -0.2) is 17.2 Å². The van der Waals surface area contributed by atoms with E-state index in [0.717, 1.165) is 24.7 Å². The molecule has 0 spiro atoms. The van der Waals surface area contributed by atoms with Crippen molar-refractivity contribution in [1.82, 2.24) is 0 Å². The molecule has 0 saturated carbocycles. The van der Waals surface area contributed by atoms with Gasteiger partial charge in [-0.15, -0.1) is 0 Å². The topological polar surface area (TPSA) is 72.5 Å². The summed E-state index contributed by atoms with van der Waals surface area (Å²) in [6.45, 7) is 5.85. The highest BCUT2D eigenvalue weighted by molar-refractivity contribution is 5.62. The first kappa shape index (κ1) is 15.4. The van der Waals surface area contributed by atoms with Gasteiger partial charge in [0.25, 0.3) is 5.97 Å². The third kappa shape index (κ3) is 8.28. The number of hydrogen-bond donors (Lipinski definition) is 2. The second kappa shape index (κ2) is 8.58. The Labute approximate surface area is 102 Å². The molecule has 0 aliphatic carbocycles.